The SMILES string of the molecule is CC(C)(C)c1ccc(-c2ccc(N(c3ccc4c(c3)-c3ccccc3C4(c3ccccc3)c3ccccc3)c3ccc4ccccc4c3-c3ccc4sc5ccccc5c4c3)c(-c3ccccc3)c2)cc1. The van der Waals surface area contributed by atoms with Crippen molar-refractivity contribution in [2.24, 2.45) is 0 Å². The van der Waals surface area contributed by atoms with Crippen molar-refractivity contribution in [1.82, 2.24) is 0 Å². The largest absolute Gasteiger partial charge is 0.309 e. The van der Waals surface area contributed by atoms with Crippen LogP contribution in [0.4, 0.5) is 17.1 Å². The summed E-state index contributed by atoms with van der Waals surface area (Å²) in [6, 6.07) is 95.3. The Morgan fingerprint density at radius 3 is 1.70 bits per heavy atom. The number of fused-ring (bicyclic) bond motifs is 7. The maximum Gasteiger partial charge on any atom is 0.0713 e. The zero-order chi connectivity index (χ0) is 47.7. The number of benzene rings is 11. The number of rotatable bonds is 8. The molecule has 1 aliphatic carbocycles. The van der Waals surface area contributed by atoms with Gasteiger partial charge in [0, 0.05) is 37.0 Å². The molecule has 338 valence electrons. The quantitative estimate of drug-likeness (QED) is 0.147. The number of hydrogen-bond acceptors (Lipinski definition) is 2. The van der Waals surface area contributed by atoms with Crippen molar-refractivity contribution in [2.75, 3.05) is 4.90 Å². The zero-order valence-corrected chi connectivity index (χ0v) is 40.9. The third kappa shape index (κ3) is 7.04. The molecule has 11 aromatic carbocycles. The molecule has 0 fully saturated rings. The van der Waals surface area contributed by atoms with Crippen LogP contribution in [0.25, 0.3) is 75.5 Å². The molecule has 0 atom stereocenters. The van der Waals surface area contributed by atoms with Gasteiger partial charge in [-0.3, -0.25) is 0 Å². The maximum atomic E-state index is 2.56. The van der Waals surface area contributed by atoms with Gasteiger partial charge in [-0.25, -0.2) is 0 Å². The second-order valence-electron chi connectivity index (χ2n) is 20.0. The first-order valence-electron chi connectivity index (χ1n) is 24.7. The van der Waals surface area contributed by atoms with E-state index in [-0.39, 0.29) is 5.41 Å². The highest BCUT2D eigenvalue weighted by atomic mass is 32.1. The highest BCUT2D eigenvalue weighted by molar-refractivity contribution is 7.25. The van der Waals surface area contributed by atoms with Gasteiger partial charge in [0.15, 0.2) is 0 Å². The molecule has 1 aliphatic rings. The molecule has 0 spiro atoms. The van der Waals surface area contributed by atoms with Gasteiger partial charge < -0.3 is 4.90 Å². The molecule has 2 heteroatoms. The normalized spacial score (nSPS) is 12.8. The monoisotopic (exact) mass is 925 g/mol. The molecule has 0 amide bonds. The minimum atomic E-state index is -0.510. The van der Waals surface area contributed by atoms with Crippen LogP contribution in [0.2, 0.25) is 0 Å². The van der Waals surface area contributed by atoms with Gasteiger partial charge in [-0.15, -0.1) is 11.3 Å². The fraction of sp³-hybridized carbons (Fsp3) is 0.0725. The first kappa shape index (κ1) is 42.8. The highest BCUT2D eigenvalue weighted by Gasteiger charge is 2.46. The van der Waals surface area contributed by atoms with E-state index in [1.54, 1.807) is 0 Å². The predicted molar refractivity (Wildman–Crippen MR) is 304 cm³/mol. The van der Waals surface area contributed by atoms with Crippen LogP contribution in [-0.4, -0.2) is 0 Å². The Kier molecular flexibility index (Phi) is 10.2. The fourth-order valence-corrected chi connectivity index (χ4v) is 12.6. The zero-order valence-electron chi connectivity index (χ0n) is 40.1. The molecular formula is C69H51NS. The summed E-state index contributed by atoms with van der Waals surface area (Å²) in [5, 5.41) is 5.00. The standard InChI is InChI=1S/C69H51NS/c1-68(2,3)51-36-31-46(32-37-51)49-34-40-63(58(43-49)47-19-7-4-8-20-47)70(64-41-33-48-21-13-14-26-55(48)67(64)50-35-42-66-60(44-50)57-28-16-18-30-65(57)71-66)54-38-39-62-59(45-54)56-27-15-17-29-61(56)69(62,52-22-9-5-10-23-52)53-24-11-6-12-25-53/h4-45H,1-3H3. The van der Waals surface area contributed by atoms with Crippen LogP contribution in [0, 0.1) is 0 Å². The Balaban J connectivity index is 1.11. The summed E-state index contributed by atoms with van der Waals surface area (Å²) >= 11 is 1.87. The maximum absolute atomic E-state index is 2.56. The number of thiophene rings is 1. The molecule has 1 heterocycles. The number of anilines is 3. The lowest BCUT2D eigenvalue weighted by atomic mass is 9.68. The minimum Gasteiger partial charge on any atom is -0.309 e. The van der Waals surface area contributed by atoms with Crippen molar-refractivity contribution in [3.8, 4) is 44.5 Å². The van der Waals surface area contributed by atoms with Gasteiger partial charge in [-0.1, -0.05) is 227 Å². The van der Waals surface area contributed by atoms with E-state index in [4.69, 9.17) is 0 Å². The van der Waals surface area contributed by atoms with Crippen molar-refractivity contribution in [1.29, 1.82) is 0 Å². The van der Waals surface area contributed by atoms with Crippen LogP contribution in [-0.2, 0) is 10.8 Å². The molecule has 0 saturated heterocycles. The van der Waals surface area contributed by atoms with Crippen molar-refractivity contribution >= 4 is 59.3 Å². The van der Waals surface area contributed by atoms with Crippen molar-refractivity contribution in [3.05, 3.63) is 283 Å². The van der Waals surface area contributed by atoms with E-state index >= 15 is 0 Å². The predicted octanol–water partition coefficient (Wildman–Crippen LogP) is 19.3. The van der Waals surface area contributed by atoms with E-state index in [1.807, 2.05) is 11.3 Å². The Bertz CT molecular complexity index is 3910. The third-order valence-electron chi connectivity index (χ3n) is 14.9. The molecule has 0 radical (unpaired) electrons. The molecule has 1 nitrogen and oxygen atoms in total. The van der Waals surface area contributed by atoms with Gasteiger partial charge >= 0.3 is 0 Å². The highest BCUT2D eigenvalue weighted by Crippen LogP contribution is 2.58. The molecule has 1 aromatic heterocycles. The molecule has 13 rings (SSSR count). The first-order valence-corrected chi connectivity index (χ1v) is 25.6. The van der Waals surface area contributed by atoms with Crippen LogP contribution in [0.1, 0.15) is 48.6 Å². The smallest absolute Gasteiger partial charge is 0.0713 e. The van der Waals surface area contributed by atoms with E-state index in [9.17, 15) is 0 Å². The van der Waals surface area contributed by atoms with Crippen LogP contribution in [0.15, 0.2) is 255 Å². The van der Waals surface area contributed by atoms with Crippen LogP contribution in [0.3, 0.4) is 0 Å². The Morgan fingerprint density at radius 2 is 0.958 bits per heavy atom. The molecular weight excluding hydrogens is 875 g/mol. The topological polar surface area (TPSA) is 3.24 Å². The molecule has 0 bridgehead atoms. The summed E-state index contributed by atoms with van der Waals surface area (Å²) in [5.74, 6) is 0. The number of nitrogens with zero attached hydrogens (tertiary/aromatic N) is 1. The Labute approximate surface area is 420 Å². The molecule has 0 aliphatic heterocycles. The lowest BCUT2D eigenvalue weighted by molar-refractivity contribution is 0.590. The second-order valence-corrected chi connectivity index (χ2v) is 21.1. The van der Waals surface area contributed by atoms with Crippen LogP contribution in [0.5, 0.6) is 0 Å². The van der Waals surface area contributed by atoms with Gasteiger partial charge in [0.1, 0.15) is 0 Å². The summed E-state index contributed by atoms with van der Waals surface area (Å²) in [7, 11) is 0. The second kappa shape index (κ2) is 17.0. The van der Waals surface area contributed by atoms with E-state index in [0.29, 0.717) is 0 Å². The molecule has 0 unspecified atom stereocenters. The van der Waals surface area contributed by atoms with Gasteiger partial charge in [0.05, 0.1) is 16.8 Å². The van der Waals surface area contributed by atoms with E-state index < -0.39 is 5.41 Å². The third-order valence-corrected chi connectivity index (χ3v) is 16.1. The van der Waals surface area contributed by atoms with Gasteiger partial charge in [-0.05, 0) is 126 Å². The average Bonchev–Trinajstić information content (AvgIpc) is 3.95. The van der Waals surface area contributed by atoms with Gasteiger partial charge in [0.25, 0.3) is 0 Å². The molecule has 0 N–H and O–H groups in total. The van der Waals surface area contributed by atoms with Crippen LogP contribution >= 0.6 is 11.3 Å². The van der Waals surface area contributed by atoms with E-state index in [1.165, 1.54) is 92.1 Å². The average molecular weight is 926 g/mol. The van der Waals surface area contributed by atoms with Gasteiger partial charge in [-0.2, -0.15) is 0 Å². The molecule has 0 saturated carbocycles. The summed E-state index contributed by atoms with van der Waals surface area (Å²) in [5.41, 5.74) is 18.9. The number of hydrogen-bond donors (Lipinski definition) is 0. The Hall–Kier alpha value is -8.30. The van der Waals surface area contributed by atoms with Gasteiger partial charge in [0.2, 0.25) is 0 Å². The summed E-state index contributed by atoms with van der Waals surface area (Å²) in [6.45, 7) is 6.84. The van der Waals surface area contributed by atoms with Crippen molar-refractivity contribution in [2.45, 2.75) is 31.6 Å². The van der Waals surface area contributed by atoms with E-state index in [2.05, 4.69) is 280 Å². The molecule has 12 aromatic rings. The Morgan fingerprint density at radius 1 is 0.366 bits per heavy atom. The minimum absolute atomic E-state index is 0.0644. The lowest BCUT2D eigenvalue weighted by Crippen LogP contribution is -2.28. The van der Waals surface area contributed by atoms with Crippen LogP contribution < -0.4 is 4.90 Å². The summed E-state index contributed by atoms with van der Waals surface area (Å²) in [4.78, 5) is 2.56. The fourth-order valence-electron chi connectivity index (χ4n) is 11.5. The van der Waals surface area contributed by atoms with E-state index in [0.717, 1.165) is 28.2 Å². The van der Waals surface area contributed by atoms with Crippen molar-refractivity contribution in [3.63, 3.8) is 0 Å². The summed E-state index contributed by atoms with van der Waals surface area (Å²) in [6.07, 6.45) is 0. The molecule has 71 heavy (non-hydrogen) atoms. The van der Waals surface area contributed by atoms with Crippen molar-refractivity contribution < 1.29 is 0 Å². The first-order chi connectivity index (χ1) is 34.8. The summed E-state index contributed by atoms with van der Waals surface area (Å²) < 4.78 is 2.60. The lowest BCUT2D eigenvalue weighted by Gasteiger charge is -2.34.